The first-order valence-corrected chi connectivity index (χ1v) is 11.7. The van der Waals surface area contributed by atoms with Crippen LogP contribution in [-0.4, -0.2) is 71.1 Å². The molecule has 11 nitrogen and oxygen atoms in total. The number of imidazole rings is 1. The minimum Gasteiger partial charge on any atom is -0.338 e. The summed E-state index contributed by atoms with van der Waals surface area (Å²) in [6.07, 6.45) is 10.6. The molecule has 0 radical (unpaired) electrons. The van der Waals surface area contributed by atoms with Crippen LogP contribution in [0.5, 0.6) is 0 Å². The van der Waals surface area contributed by atoms with Crippen LogP contribution >= 0.6 is 0 Å². The predicted molar refractivity (Wildman–Crippen MR) is 141 cm³/mol. The number of rotatable bonds is 6. The van der Waals surface area contributed by atoms with Crippen LogP contribution in [0.15, 0.2) is 61.6 Å². The Kier molecular flexibility index (Phi) is 5.46. The van der Waals surface area contributed by atoms with Gasteiger partial charge < -0.3 is 19.8 Å². The van der Waals surface area contributed by atoms with Crippen LogP contribution in [0.3, 0.4) is 0 Å². The number of hydrogen-bond acceptors (Lipinski definition) is 7. The number of anilines is 1. The Hall–Kier alpha value is -4.90. The van der Waals surface area contributed by atoms with Gasteiger partial charge in [0.05, 0.1) is 59.2 Å². The predicted octanol–water partition coefficient (Wildman–Crippen LogP) is 3.56. The second-order valence-corrected chi connectivity index (χ2v) is 9.13. The third-order valence-corrected chi connectivity index (χ3v) is 5.98. The van der Waals surface area contributed by atoms with Crippen LogP contribution in [-0.2, 0) is 4.79 Å². The van der Waals surface area contributed by atoms with Crippen LogP contribution in [0.1, 0.15) is 5.69 Å². The molecule has 0 spiro atoms. The van der Waals surface area contributed by atoms with Gasteiger partial charge in [0.15, 0.2) is 0 Å². The molecule has 6 aromatic heterocycles. The fourth-order valence-electron chi connectivity index (χ4n) is 4.33. The number of fused-ring (bicyclic) bond motifs is 2. The molecule has 6 rings (SSSR count). The van der Waals surface area contributed by atoms with E-state index in [1.807, 2.05) is 60.9 Å². The number of H-pyrrole nitrogens is 2. The minimum absolute atomic E-state index is 0.109. The Morgan fingerprint density at radius 2 is 1.97 bits per heavy atom. The first kappa shape index (κ1) is 22.6. The average Bonchev–Trinajstić information content (AvgIpc) is 3.60. The lowest BCUT2D eigenvalue weighted by molar-refractivity contribution is -0.116. The van der Waals surface area contributed by atoms with E-state index in [0.717, 1.165) is 56.0 Å². The van der Waals surface area contributed by atoms with Crippen molar-refractivity contribution in [1.82, 2.24) is 44.6 Å². The van der Waals surface area contributed by atoms with Gasteiger partial charge in [0, 0.05) is 34.9 Å². The topological polar surface area (TPSA) is 133 Å². The number of nitrogens with one attached hydrogen (secondary N) is 3. The second kappa shape index (κ2) is 8.95. The van der Waals surface area contributed by atoms with E-state index in [1.54, 1.807) is 31.1 Å². The van der Waals surface area contributed by atoms with Gasteiger partial charge in [-0.25, -0.2) is 9.97 Å². The summed E-state index contributed by atoms with van der Waals surface area (Å²) in [5.41, 5.74) is 7.19. The summed E-state index contributed by atoms with van der Waals surface area (Å²) >= 11 is 0. The van der Waals surface area contributed by atoms with Crippen LogP contribution in [0, 0.1) is 6.92 Å². The van der Waals surface area contributed by atoms with Gasteiger partial charge in [-0.1, -0.05) is 0 Å². The van der Waals surface area contributed by atoms with Crippen LogP contribution < -0.4 is 5.32 Å². The summed E-state index contributed by atoms with van der Waals surface area (Å²) in [6.45, 7) is 2.25. The van der Waals surface area contributed by atoms with E-state index in [9.17, 15) is 4.79 Å². The number of carbonyl (C=O) groups is 1. The molecule has 6 aromatic rings. The van der Waals surface area contributed by atoms with Crippen LogP contribution in [0.25, 0.3) is 50.3 Å². The van der Waals surface area contributed by atoms with E-state index < -0.39 is 0 Å². The highest BCUT2D eigenvalue weighted by Gasteiger charge is 2.16. The Morgan fingerprint density at radius 1 is 1.08 bits per heavy atom. The van der Waals surface area contributed by atoms with E-state index >= 15 is 0 Å². The molecule has 0 saturated heterocycles. The molecule has 37 heavy (non-hydrogen) atoms. The molecular formula is C26H24N10O. The van der Waals surface area contributed by atoms with Gasteiger partial charge >= 0.3 is 0 Å². The third-order valence-electron chi connectivity index (χ3n) is 5.98. The minimum atomic E-state index is -0.109. The molecule has 11 heteroatoms. The number of aromatic amines is 2. The van der Waals surface area contributed by atoms with Gasteiger partial charge in [-0.3, -0.25) is 19.9 Å². The van der Waals surface area contributed by atoms with E-state index in [2.05, 4.69) is 40.4 Å². The van der Waals surface area contributed by atoms with Gasteiger partial charge in [0.1, 0.15) is 11.3 Å². The molecule has 1 amide bonds. The molecule has 3 N–H and O–H groups in total. The van der Waals surface area contributed by atoms with Crippen molar-refractivity contribution in [3.05, 3.63) is 67.3 Å². The zero-order valence-corrected chi connectivity index (χ0v) is 20.5. The van der Waals surface area contributed by atoms with Gasteiger partial charge in [0.25, 0.3) is 0 Å². The van der Waals surface area contributed by atoms with Gasteiger partial charge in [0.2, 0.25) is 5.91 Å². The number of hydrogen-bond donors (Lipinski definition) is 3. The summed E-state index contributed by atoms with van der Waals surface area (Å²) in [5, 5.41) is 12.4. The second-order valence-electron chi connectivity index (χ2n) is 9.13. The Bertz CT molecular complexity index is 1760. The zero-order chi connectivity index (χ0) is 25.5. The molecule has 0 aliphatic carbocycles. The Balaban J connectivity index is 1.38. The van der Waals surface area contributed by atoms with E-state index in [-0.39, 0.29) is 12.5 Å². The molecule has 6 heterocycles. The molecule has 0 atom stereocenters. The molecular weight excluding hydrogens is 468 g/mol. The number of carbonyl (C=O) groups excluding carboxylic acids is 1. The maximum absolute atomic E-state index is 12.2. The molecule has 0 saturated carbocycles. The van der Waals surface area contributed by atoms with Gasteiger partial charge in [-0.05, 0) is 45.3 Å². The lowest BCUT2D eigenvalue weighted by Gasteiger charge is -2.10. The van der Waals surface area contributed by atoms with Gasteiger partial charge in [-0.15, -0.1) is 0 Å². The van der Waals surface area contributed by atoms with Crippen molar-refractivity contribution in [1.29, 1.82) is 0 Å². The van der Waals surface area contributed by atoms with Crippen LogP contribution in [0.4, 0.5) is 5.69 Å². The highest BCUT2D eigenvalue weighted by molar-refractivity contribution is 5.98. The van der Waals surface area contributed by atoms with Crippen molar-refractivity contribution >= 4 is 33.5 Å². The normalized spacial score (nSPS) is 11.6. The quantitative estimate of drug-likeness (QED) is 0.324. The number of pyridine rings is 3. The highest BCUT2D eigenvalue weighted by Crippen LogP contribution is 2.32. The monoisotopic (exact) mass is 492 g/mol. The van der Waals surface area contributed by atoms with Crippen molar-refractivity contribution in [2.75, 3.05) is 26.0 Å². The Morgan fingerprint density at radius 3 is 2.78 bits per heavy atom. The molecule has 0 aliphatic rings. The molecule has 184 valence electrons. The highest BCUT2D eigenvalue weighted by atomic mass is 16.2. The summed E-state index contributed by atoms with van der Waals surface area (Å²) in [4.78, 5) is 35.1. The number of aromatic nitrogens is 8. The van der Waals surface area contributed by atoms with E-state index in [4.69, 9.17) is 0 Å². The molecule has 0 unspecified atom stereocenters. The molecule has 0 aliphatic heterocycles. The van der Waals surface area contributed by atoms with Crippen molar-refractivity contribution in [2.45, 2.75) is 6.92 Å². The fraction of sp³-hybridized carbons (Fsp3) is 0.154. The van der Waals surface area contributed by atoms with Crippen molar-refractivity contribution < 1.29 is 4.79 Å². The first-order chi connectivity index (χ1) is 17.9. The first-order valence-electron chi connectivity index (χ1n) is 11.7. The summed E-state index contributed by atoms with van der Waals surface area (Å²) in [5.74, 6) is -0.109. The average molecular weight is 493 g/mol. The summed E-state index contributed by atoms with van der Waals surface area (Å²) < 4.78 is 1.99. The number of likely N-dealkylation sites (N-methyl/N-ethyl adjacent to an activating group) is 1. The number of aryl methyl sites for hydroxylation is 1. The molecule has 0 fully saturated rings. The number of amides is 1. The van der Waals surface area contributed by atoms with E-state index in [1.165, 1.54) is 0 Å². The van der Waals surface area contributed by atoms with Crippen molar-refractivity contribution in [2.24, 2.45) is 0 Å². The summed E-state index contributed by atoms with van der Waals surface area (Å²) in [7, 11) is 3.69. The maximum Gasteiger partial charge on any atom is 0.238 e. The smallest absolute Gasteiger partial charge is 0.238 e. The lowest BCUT2D eigenvalue weighted by Crippen LogP contribution is -2.27. The molecule has 0 aromatic carbocycles. The lowest BCUT2D eigenvalue weighted by atomic mass is 10.1. The maximum atomic E-state index is 12.2. The number of nitrogens with zero attached hydrogens (tertiary/aromatic N) is 7. The Labute approximate surface area is 211 Å². The standard InChI is InChI=1S/C26H24N10O/c1-15-12-36(14-30-15)23-4-5-28-26-19(23)8-21(32-26)25-18-7-20(29-11-22(18)33-34-25)16-6-17(10-27-9-16)31-24(37)13-35(2)3/h4-12,14H,13H2,1-3H3,(H,28,32)(H,31,37)(H,33,34). The van der Waals surface area contributed by atoms with Crippen molar-refractivity contribution in [3.63, 3.8) is 0 Å². The van der Waals surface area contributed by atoms with Gasteiger partial charge in [-0.2, -0.15) is 5.10 Å². The fourth-order valence-corrected chi connectivity index (χ4v) is 4.33. The summed E-state index contributed by atoms with van der Waals surface area (Å²) in [6, 6.07) is 7.84. The largest absolute Gasteiger partial charge is 0.338 e. The third kappa shape index (κ3) is 4.32. The zero-order valence-electron chi connectivity index (χ0n) is 20.5. The molecule has 0 bridgehead atoms. The van der Waals surface area contributed by atoms with Crippen LogP contribution in [0.2, 0.25) is 0 Å². The SMILES string of the molecule is Cc1cn(-c2ccnc3[nH]c(-c4n[nH]c5cnc(-c6cncc(NC(=O)CN(C)C)c6)cc45)cc23)cn1. The van der Waals surface area contributed by atoms with Crippen molar-refractivity contribution in [3.8, 4) is 28.3 Å². The van der Waals surface area contributed by atoms with E-state index in [0.29, 0.717) is 5.69 Å².